The molecule has 7 nitrogen and oxygen atoms in total. The summed E-state index contributed by atoms with van der Waals surface area (Å²) in [6.07, 6.45) is 10.3. The molecule has 2 heterocycles. The van der Waals surface area contributed by atoms with E-state index in [9.17, 15) is 9.59 Å². The molecule has 136 valence electrons. The van der Waals surface area contributed by atoms with Crippen molar-refractivity contribution >= 4 is 5.91 Å². The predicted octanol–water partition coefficient (Wildman–Crippen LogP) is 2.16. The maximum atomic E-state index is 12.5. The van der Waals surface area contributed by atoms with E-state index in [1.54, 1.807) is 6.07 Å². The second kappa shape index (κ2) is 5.79. The van der Waals surface area contributed by atoms with Crippen LogP contribution in [0.1, 0.15) is 60.4 Å². The number of nitrogens with one attached hydrogen (secondary N) is 2. The topological polar surface area (TPSA) is 101 Å². The van der Waals surface area contributed by atoms with Crippen LogP contribution in [0.2, 0.25) is 0 Å². The Kier molecular flexibility index (Phi) is 3.52. The molecular weight excluding hydrogens is 332 g/mol. The van der Waals surface area contributed by atoms with Gasteiger partial charge in [-0.25, -0.2) is 4.98 Å². The van der Waals surface area contributed by atoms with Gasteiger partial charge in [0.2, 0.25) is 0 Å². The number of nitrogens with zero attached hydrogens (tertiary/aromatic N) is 2. The van der Waals surface area contributed by atoms with Crippen LogP contribution in [0.3, 0.4) is 0 Å². The van der Waals surface area contributed by atoms with E-state index >= 15 is 0 Å². The summed E-state index contributed by atoms with van der Waals surface area (Å²) in [4.78, 5) is 32.3. The first-order valence-electron chi connectivity index (χ1n) is 9.38. The van der Waals surface area contributed by atoms with Crippen LogP contribution < -0.4 is 10.9 Å². The molecule has 2 aromatic rings. The van der Waals surface area contributed by atoms with Crippen molar-refractivity contribution in [2.45, 2.75) is 50.5 Å². The highest BCUT2D eigenvalue weighted by Crippen LogP contribution is 2.59. The molecule has 0 spiro atoms. The summed E-state index contributed by atoms with van der Waals surface area (Å²) < 4.78 is 4.73. The molecule has 1 amide bonds. The molecule has 26 heavy (non-hydrogen) atoms. The van der Waals surface area contributed by atoms with Gasteiger partial charge in [0.1, 0.15) is 23.3 Å². The maximum Gasteiger partial charge on any atom is 0.263 e. The fraction of sp³-hybridized carbons (Fsp3) is 0.579. The minimum Gasteiger partial charge on any atom is -0.364 e. The van der Waals surface area contributed by atoms with Gasteiger partial charge in [0.25, 0.3) is 11.5 Å². The van der Waals surface area contributed by atoms with E-state index in [1.807, 2.05) is 0 Å². The Hall–Kier alpha value is -2.44. The Morgan fingerprint density at radius 2 is 1.92 bits per heavy atom. The van der Waals surface area contributed by atoms with Gasteiger partial charge in [-0.3, -0.25) is 9.59 Å². The zero-order valence-corrected chi connectivity index (χ0v) is 14.5. The fourth-order valence-corrected chi connectivity index (χ4v) is 5.82. The monoisotopic (exact) mass is 354 g/mol. The van der Waals surface area contributed by atoms with Crippen molar-refractivity contribution in [1.29, 1.82) is 0 Å². The number of aromatic amines is 1. The van der Waals surface area contributed by atoms with Gasteiger partial charge in [-0.15, -0.1) is 0 Å². The summed E-state index contributed by atoms with van der Waals surface area (Å²) in [6.45, 7) is 0.214. The molecule has 0 aromatic carbocycles. The lowest BCUT2D eigenvalue weighted by Gasteiger charge is -2.56. The van der Waals surface area contributed by atoms with Gasteiger partial charge in [0, 0.05) is 17.7 Å². The highest BCUT2D eigenvalue weighted by atomic mass is 16.5. The third-order valence-corrected chi connectivity index (χ3v) is 6.51. The predicted molar refractivity (Wildman–Crippen MR) is 92.4 cm³/mol. The SMILES string of the molecule is O=C(NCc1ccon1)c1cnc(C23CC4CC(CC(C4)C2)C3)[nH]c1=O. The van der Waals surface area contributed by atoms with Gasteiger partial charge in [-0.1, -0.05) is 5.16 Å². The summed E-state index contributed by atoms with van der Waals surface area (Å²) in [5.74, 6) is 2.67. The molecule has 4 aliphatic carbocycles. The summed E-state index contributed by atoms with van der Waals surface area (Å²) in [5, 5.41) is 6.41. The Morgan fingerprint density at radius 1 is 1.23 bits per heavy atom. The number of hydrogen-bond acceptors (Lipinski definition) is 5. The lowest BCUT2D eigenvalue weighted by Crippen LogP contribution is -2.50. The smallest absolute Gasteiger partial charge is 0.263 e. The number of carbonyl (C=O) groups is 1. The van der Waals surface area contributed by atoms with Crippen molar-refractivity contribution < 1.29 is 9.32 Å². The molecule has 4 fully saturated rings. The van der Waals surface area contributed by atoms with Crippen LogP contribution in [0, 0.1) is 17.8 Å². The number of carbonyl (C=O) groups excluding carboxylic acids is 1. The first-order valence-corrected chi connectivity index (χ1v) is 9.38. The summed E-state index contributed by atoms with van der Waals surface area (Å²) in [7, 11) is 0. The highest BCUT2D eigenvalue weighted by Gasteiger charge is 2.52. The maximum absolute atomic E-state index is 12.5. The molecule has 4 bridgehead atoms. The molecule has 0 aliphatic heterocycles. The molecule has 2 aromatic heterocycles. The molecule has 0 unspecified atom stereocenters. The van der Waals surface area contributed by atoms with Crippen molar-refractivity contribution in [3.63, 3.8) is 0 Å². The van der Waals surface area contributed by atoms with E-state index < -0.39 is 5.91 Å². The molecule has 0 saturated heterocycles. The van der Waals surface area contributed by atoms with Crippen LogP contribution in [0.5, 0.6) is 0 Å². The van der Waals surface area contributed by atoms with Gasteiger partial charge in [0.05, 0.1) is 6.54 Å². The average Bonchev–Trinajstić information content (AvgIpc) is 3.12. The van der Waals surface area contributed by atoms with E-state index in [1.165, 1.54) is 31.7 Å². The summed E-state index contributed by atoms with van der Waals surface area (Å²) >= 11 is 0. The van der Waals surface area contributed by atoms with E-state index in [2.05, 4.69) is 20.4 Å². The molecule has 0 radical (unpaired) electrons. The molecule has 0 atom stereocenters. The largest absolute Gasteiger partial charge is 0.364 e. The molecule has 6 rings (SSSR count). The summed E-state index contributed by atoms with van der Waals surface area (Å²) in [6, 6.07) is 1.67. The minimum absolute atomic E-state index is 0.0175. The van der Waals surface area contributed by atoms with Crippen LogP contribution in [0.15, 0.2) is 27.8 Å². The minimum atomic E-state index is -0.446. The van der Waals surface area contributed by atoms with E-state index in [0.717, 1.165) is 42.8 Å². The second-order valence-electron chi connectivity index (χ2n) is 8.35. The van der Waals surface area contributed by atoms with Crippen LogP contribution in [0.4, 0.5) is 0 Å². The normalized spacial score (nSPS) is 31.9. The van der Waals surface area contributed by atoms with Gasteiger partial charge >= 0.3 is 0 Å². The molecule has 4 aliphatic rings. The van der Waals surface area contributed by atoms with E-state index in [4.69, 9.17) is 4.52 Å². The van der Waals surface area contributed by atoms with E-state index in [0.29, 0.717) is 5.69 Å². The van der Waals surface area contributed by atoms with Crippen LogP contribution >= 0.6 is 0 Å². The fourth-order valence-electron chi connectivity index (χ4n) is 5.82. The number of aromatic nitrogens is 3. The number of rotatable bonds is 4. The molecule has 4 saturated carbocycles. The van der Waals surface area contributed by atoms with E-state index in [-0.39, 0.29) is 23.1 Å². The second-order valence-corrected chi connectivity index (χ2v) is 8.35. The van der Waals surface area contributed by atoms with Crippen LogP contribution in [-0.4, -0.2) is 21.0 Å². The quantitative estimate of drug-likeness (QED) is 0.876. The summed E-state index contributed by atoms with van der Waals surface area (Å²) in [5.41, 5.74) is 0.308. The van der Waals surface area contributed by atoms with Crippen LogP contribution in [0.25, 0.3) is 0 Å². The van der Waals surface area contributed by atoms with Crippen molar-refractivity contribution in [2.24, 2.45) is 17.8 Å². The number of amides is 1. The van der Waals surface area contributed by atoms with Gasteiger partial charge in [0.15, 0.2) is 0 Å². The molecular formula is C19H22N4O3. The number of hydrogen-bond donors (Lipinski definition) is 2. The first-order chi connectivity index (χ1) is 12.6. The van der Waals surface area contributed by atoms with Gasteiger partial charge in [-0.2, -0.15) is 0 Å². The standard InChI is InChI=1S/C19H22N4O3/c24-16(20-9-14-1-2-26-23-14)15-10-21-18(22-17(15)25)19-6-11-3-12(7-19)5-13(4-11)8-19/h1-2,10-13H,3-9H2,(H,20,24)(H,21,22,25). The Labute approximate surface area is 150 Å². The lowest BCUT2D eigenvalue weighted by molar-refractivity contribution is -0.00953. The Balaban J connectivity index is 1.37. The highest BCUT2D eigenvalue weighted by molar-refractivity contribution is 5.93. The average molecular weight is 354 g/mol. The Bertz CT molecular complexity index is 851. The van der Waals surface area contributed by atoms with Gasteiger partial charge < -0.3 is 14.8 Å². The molecule has 2 N–H and O–H groups in total. The van der Waals surface area contributed by atoms with Crippen molar-refractivity contribution in [3.05, 3.63) is 46.0 Å². The third-order valence-electron chi connectivity index (χ3n) is 6.51. The van der Waals surface area contributed by atoms with Crippen LogP contribution in [-0.2, 0) is 12.0 Å². The van der Waals surface area contributed by atoms with Crippen molar-refractivity contribution in [3.8, 4) is 0 Å². The zero-order chi connectivity index (χ0) is 17.7. The zero-order valence-electron chi connectivity index (χ0n) is 14.5. The first kappa shape index (κ1) is 15.8. The lowest BCUT2D eigenvalue weighted by atomic mass is 9.49. The Morgan fingerprint density at radius 3 is 2.50 bits per heavy atom. The van der Waals surface area contributed by atoms with Gasteiger partial charge in [-0.05, 0) is 56.3 Å². The number of H-pyrrole nitrogens is 1. The molecule has 7 heteroatoms. The third kappa shape index (κ3) is 2.57. The van der Waals surface area contributed by atoms with Crippen molar-refractivity contribution in [1.82, 2.24) is 20.4 Å². The van der Waals surface area contributed by atoms with Crippen molar-refractivity contribution in [2.75, 3.05) is 0 Å².